The summed E-state index contributed by atoms with van der Waals surface area (Å²) in [4.78, 5) is 14.3. The minimum Gasteiger partial charge on any atom is -0.383 e. The Morgan fingerprint density at radius 2 is 2.19 bits per heavy atom. The standard InChI is InChI=1S/C19H26N6O/c1-24-10-13(9-12-5-2-3-7-15(12)24)17-16(19(21)26)18(20)25(23-17)11-14-6-4-8-22-14/h2-3,5,7,13-14,22H,4,6,8-11,20H2,1H3,(H2,21,26)/t13?,14-/m0/s1. The highest BCUT2D eigenvalue weighted by Gasteiger charge is 2.31. The van der Waals surface area contributed by atoms with Crippen LogP contribution in [0, 0.1) is 0 Å². The largest absolute Gasteiger partial charge is 0.383 e. The molecule has 1 aromatic carbocycles. The maximum absolute atomic E-state index is 12.1. The van der Waals surface area contributed by atoms with Gasteiger partial charge < -0.3 is 21.7 Å². The second kappa shape index (κ2) is 6.64. The molecule has 0 saturated carbocycles. The number of benzene rings is 1. The van der Waals surface area contributed by atoms with Crippen molar-refractivity contribution in [3.05, 3.63) is 41.1 Å². The Kier molecular flexibility index (Phi) is 4.32. The number of rotatable bonds is 4. The van der Waals surface area contributed by atoms with E-state index in [0.29, 0.717) is 24.0 Å². The number of hydrogen-bond donors (Lipinski definition) is 3. The van der Waals surface area contributed by atoms with Gasteiger partial charge in [0.1, 0.15) is 11.4 Å². The van der Waals surface area contributed by atoms with Crippen LogP contribution in [-0.2, 0) is 13.0 Å². The van der Waals surface area contributed by atoms with Gasteiger partial charge in [0.05, 0.1) is 12.2 Å². The molecule has 26 heavy (non-hydrogen) atoms. The van der Waals surface area contributed by atoms with E-state index in [1.54, 1.807) is 4.68 Å². The fourth-order valence-electron chi connectivity index (χ4n) is 4.29. The fraction of sp³-hybridized carbons (Fsp3) is 0.474. The number of carbonyl (C=O) groups excluding carboxylic acids is 1. The second-order valence-corrected chi connectivity index (χ2v) is 7.40. The average Bonchev–Trinajstić information content (AvgIpc) is 3.23. The van der Waals surface area contributed by atoms with E-state index >= 15 is 0 Å². The smallest absolute Gasteiger partial charge is 0.254 e. The average molecular weight is 354 g/mol. The molecular weight excluding hydrogens is 328 g/mol. The lowest BCUT2D eigenvalue weighted by Gasteiger charge is -2.33. The van der Waals surface area contributed by atoms with E-state index in [9.17, 15) is 4.79 Å². The quantitative estimate of drug-likeness (QED) is 0.763. The summed E-state index contributed by atoms with van der Waals surface area (Å²) in [6.45, 7) is 2.48. The van der Waals surface area contributed by atoms with Crippen molar-refractivity contribution >= 4 is 17.4 Å². The van der Waals surface area contributed by atoms with Gasteiger partial charge in [-0.2, -0.15) is 5.10 Å². The van der Waals surface area contributed by atoms with Crippen LogP contribution in [0.4, 0.5) is 11.5 Å². The lowest BCUT2D eigenvalue weighted by molar-refractivity contribution is 0.0999. The SMILES string of the molecule is CN1CC(c2nn(C[C@@H]3CCCN3)c(N)c2C(N)=O)Cc2ccccc21. The van der Waals surface area contributed by atoms with E-state index in [2.05, 4.69) is 29.4 Å². The van der Waals surface area contributed by atoms with Gasteiger partial charge in [-0.25, -0.2) is 4.68 Å². The van der Waals surface area contributed by atoms with Gasteiger partial charge in [-0.05, 0) is 37.4 Å². The highest BCUT2D eigenvalue weighted by atomic mass is 16.1. The molecule has 2 aliphatic heterocycles. The molecule has 0 radical (unpaired) electrons. The van der Waals surface area contributed by atoms with Crippen molar-refractivity contribution in [1.29, 1.82) is 0 Å². The molecular formula is C19H26N6O. The molecule has 0 spiro atoms. The molecule has 0 aliphatic carbocycles. The van der Waals surface area contributed by atoms with E-state index in [1.165, 1.54) is 11.3 Å². The number of nitrogen functional groups attached to an aromatic ring is 1. The highest BCUT2D eigenvalue weighted by Crippen LogP contribution is 2.35. The van der Waals surface area contributed by atoms with Crippen molar-refractivity contribution in [3.8, 4) is 0 Å². The number of fused-ring (bicyclic) bond motifs is 1. The Hall–Kier alpha value is -2.54. The van der Waals surface area contributed by atoms with Crippen LogP contribution in [0.25, 0.3) is 0 Å². The molecule has 0 bridgehead atoms. The third kappa shape index (κ3) is 2.92. The van der Waals surface area contributed by atoms with Gasteiger partial charge in [0.2, 0.25) is 0 Å². The number of nitrogens with zero attached hydrogens (tertiary/aromatic N) is 3. The number of anilines is 2. The predicted octanol–water partition coefficient (Wildman–Crippen LogP) is 1.09. The second-order valence-electron chi connectivity index (χ2n) is 7.40. The van der Waals surface area contributed by atoms with Crippen molar-refractivity contribution in [2.75, 3.05) is 30.8 Å². The van der Waals surface area contributed by atoms with Crippen molar-refractivity contribution in [3.63, 3.8) is 0 Å². The molecule has 4 rings (SSSR count). The topological polar surface area (TPSA) is 102 Å². The number of amides is 1. The molecule has 7 heteroatoms. The van der Waals surface area contributed by atoms with Gasteiger partial charge in [-0.3, -0.25) is 4.79 Å². The van der Waals surface area contributed by atoms with E-state index in [0.717, 1.165) is 38.0 Å². The molecule has 1 unspecified atom stereocenters. The molecule has 1 amide bonds. The molecule has 1 saturated heterocycles. The van der Waals surface area contributed by atoms with E-state index in [1.807, 2.05) is 12.1 Å². The summed E-state index contributed by atoms with van der Waals surface area (Å²) >= 11 is 0. The summed E-state index contributed by atoms with van der Waals surface area (Å²) in [7, 11) is 2.07. The van der Waals surface area contributed by atoms with E-state index in [4.69, 9.17) is 16.6 Å². The zero-order valence-corrected chi connectivity index (χ0v) is 15.1. The summed E-state index contributed by atoms with van der Waals surface area (Å²) in [5, 5.41) is 8.20. The lowest BCUT2D eigenvalue weighted by atomic mass is 9.88. The number of primary amides is 1. The number of nitrogens with two attached hydrogens (primary N) is 2. The van der Waals surface area contributed by atoms with Crippen molar-refractivity contribution in [2.24, 2.45) is 5.73 Å². The number of nitrogens with one attached hydrogen (secondary N) is 1. The van der Waals surface area contributed by atoms with Gasteiger partial charge in [0.25, 0.3) is 5.91 Å². The number of carbonyl (C=O) groups is 1. The Morgan fingerprint density at radius 1 is 1.38 bits per heavy atom. The van der Waals surface area contributed by atoms with Crippen LogP contribution in [0.3, 0.4) is 0 Å². The van der Waals surface area contributed by atoms with Gasteiger partial charge in [-0.1, -0.05) is 18.2 Å². The summed E-state index contributed by atoms with van der Waals surface area (Å²) in [6, 6.07) is 8.69. The summed E-state index contributed by atoms with van der Waals surface area (Å²) < 4.78 is 1.76. The number of hydrogen-bond acceptors (Lipinski definition) is 5. The first-order chi connectivity index (χ1) is 12.5. The number of likely N-dealkylation sites (N-methyl/N-ethyl adjacent to an activating group) is 1. The first-order valence-electron chi connectivity index (χ1n) is 9.23. The molecule has 1 aromatic heterocycles. The zero-order chi connectivity index (χ0) is 18.3. The molecule has 2 atom stereocenters. The normalized spacial score (nSPS) is 22.4. The summed E-state index contributed by atoms with van der Waals surface area (Å²) in [5.41, 5.74) is 15.6. The zero-order valence-electron chi connectivity index (χ0n) is 15.1. The third-order valence-electron chi connectivity index (χ3n) is 5.57. The van der Waals surface area contributed by atoms with Gasteiger partial charge >= 0.3 is 0 Å². The first kappa shape index (κ1) is 16.9. The summed E-state index contributed by atoms with van der Waals surface area (Å²) in [5.74, 6) is -0.00941. The predicted molar refractivity (Wildman–Crippen MR) is 102 cm³/mol. The van der Waals surface area contributed by atoms with Crippen molar-refractivity contribution < 1.29 is 4.79 Å². The molecule has 3 heterocycles. The van der Waals surface area contributed by atoms with Crippen LogP contribution in [0.15, 0.2) is 24.3 Å². The maximum atomic E-state index is 12.1. The maximum Gasteiger partial charge on any atom is 0.254 e. The van der Waals surface area contributed by atoms with Crippen LogP contribution in [0.1, 0.15) is 40.4 Å². The van der Waals surface area contributed by atoms with Crippen LogP contribution in [-0.4, -0.2) is 41.9 Å². The third-order valence-corrected chi connectivity index (χ3v) is 5.57. The molecule has 7 nitrogen and oxygen atoms in total. The van der Waals surface area contributed by atoms with Gasteiger partial charge in [-0.15, -0.1) is 0 Å². The monoisotopic (exact) mass is 354 g/mol. The van der Waals surface area contributed by atoms with Crippen LogP contribution < -0.4 is 21.7 Å². The first-order valence-corrected chi connectivity index (χ1v) is 9.23. The Bertz CT molecular complexity index is 823. The molecule has 2 aliphatic rings. The molecule has 5 N–H and O–H groups in total. The van der Waals surface area contributed by atoms with Crippen molar-refractivity contribution in [2.45, 2.75) is 37.8 Å². The van der Waals surface area contributed by atoms with Crippen LogP contribution in [0.5, 0.6) is 0 Å². The van der Waals surface area contributed by atoms with Crippen molar-refractivity contribution in [1.82, 2.24) is 15.1 Å². The number of aromatic nitrogens is 2. The minimum absolute atomic E-state index is 0.0949. The molecule has 138 valence electrons. The lowest BCUT2D eigenvalue weighted by Crippen LogP contribution is -2.32. The fourth-order valence-corrected chi connectivity index (χ4v) is 4.29. The van der Waals surface area contributed by atoms with E-state index < -0.39 is 5.91 Å². The summed E-state index contributed by atoms with van der Waals surface area (Å²) in [6.07, 6.45) is 3.09. The molecule has 1 fully saturated rings. The Balaban J connectivity index is 1.68. The Labute approximate surface area is 153 Å². The van der Waals surface area contributed by atoms with Gasteiger partial charge in [0.15, 0.2) is 0 Å². The van der Waals surface area contributed by atoms with E-state index in [-0.39, 0.29) is 5.92 Å². The number of para-hydroxylation sites is 1. The molecule has 2 aromatic rings. The van der Waals surface area contributed by atoms with Crippen LogP contribution >= 0.6 is 0 Å². The van der Waals surface area contributed by atoms with Gasteiger partial charge in [0, 0.05) is 31.2 Å². The Morgan fingerprint density at radius 3 is 2.92 bits per heavy atom. The van der Waals surface area contributed by atoms with Crippen LogP contribution in [0.2, 0.25) is 0 Å². The highest BCUT2D eigenvalue weighted by molar-refractivity contribution is 5.98. The minimum atomic E-state index is -0.496.